The molecule has 5 nitrogen and oxygen atoms in total. The number of carboxylic acids is 1. The summed E-state index contributed by atoms with van der Waals surface area (Å²) in [5, 5.41) is 13.0. The number of nitrogens with zero attached hydrogens (tertiary/aromatic N) is 1. The van der Waals surface area contributed by atoms with Gasteiger partial charge in [0.25, 0.3) is 0 Å². The van der Waals surface area contributed by atoms with Gasteiger partial charge in [0.15, 0.2) is 0 Å². The van der Waals surface area contributed by atoms with Gasteiger partial charge in [-0.2, -0.15) is 0 Å². The zero-order valence-corrected chi connectivity index (χ0v) is 11.6. The van der Waals surface area contributed by atoms with Crippen molar-refractivity contribution in [1.29, 1.82) is 0 Å². The van der Waals surface area contributed by atoms with Gasteiger partial charge >= 0.3 is 5.97 Å². The highest BCUT2D eigenvalue weighted by atomic mass is 16.5. The Morgan fingerprint density at radius 1 is 1.37 bits per heavy atom. The highest BCUT2D eigenvalue weighted by Crippen LogP contribution is 2.40. The van der Waals surface area contributed by atoms with Crippen LogP contribution in [0.25, 0.3) is 0 Å². The van der Waals surface area contributed by atoms with E-state index in [-0.39, 0.29) is 6.10 Å². The molecule has 3 rings (SSSR count). The molecule has 0 amide bonds. The molecule has 0 saturated carbocycles. The topological polar surface area (TPSA) is 61.8 Å². The first kappa shape index (κ1) is 13.3. The standard InChI is InChI=1S/C14H24N2O3/c1-16-10-4-5-11(16)8-14(7-10,13(17)18)15-9-12-3-2-6-19-12/h10-12,15H,2-9H2,1H3,(H,17,18). The molecule has 3 saturated heterocycles. The van der Waals surface area contributed by atoms with E-state index in [9.17, 15) is 9.90 Å². The van der Waals surface area contributed by atoms with Gasteiger partial charge in [0.05, 0.1) is 6.10 Å². The van der Waals surface area contributed by atoms with Crippen molar-refractivity contribution in [2.24, 2.45) is 0 Å². The van der Waals surface area contributed by atoms with Gasteiger partial charge < -0.3 is 14.7 Å². The Morgan fingerprint density at radius 3 is 2.58 bits per heavy atom. The summed E-state index contributed by atoms with van der Waals surface area (Å²) in [6, 6.07) is 0.846. The highest BCUT2D eigenvalue weighted by Gasteiger charge is 2.51. The number of carboxylic acid groups (broad SMARTS) is 1. The van der Waals surface area contributed by atoms with Gasteiger partial charge in [0.2, 0.25) is 0 Å². The first-order valence-corrected chi connectivity index (χ1v) is 7.43. The third-order valence-electron chi connectivity index (χ3n) is 5.25. The summed E-state index contributed by atoms with van der Waals surface area (Å²) >= 11 is 0. The lowest BCUT2D eigenvalue weighted by Crippen LogP contribution is -2.62. The second kappa shape index (κ2) is 5.04. The van der Waals surface area contributed by atoms with Crippen molar-refractivity contribution in [2.45, 2.75) is 62.3 Å². The average molecular weight is 268 g/mol. The van der Waals surface area contributed by atoms with Crippen LogP contribution in [-0.4, -0.2) is 59.9 Å². The number of rotatable bonds is 4. The summed E-state index contributed by atoms with van der Waals surface area (Å²) in [7, 11) is 2.13. The molecule has 3 aliphatic rings. The molecule has 3 atom stereocenters. The molecule has 0 aromatic heterocycles. The van der Waals surface area contributed by atoms with Crippen molar-refractivity contribution >= 4 is 5.97 Å². The van der Waals surface area contributed by atoms with Crippen LogP contribution in [0.2, 0.25) is 0 Å². The van der Waals surface area contributed by atoms with Crippen LogP contribution in [0.15, 0.2) is 0 Å². The van der Waals surface area contributed by atoms with E-state index in [1.807, 2.05) is 0 Å². The van der Waals surface area contributed by atoms with Crippen molar-refractivity contribution in [3.63, 3.8) is 0 Å². The summed E-state index contributed by atoms with van der Waals surface area (Å²) in [5.41, 5.74) is -0.732. The van der Waals surface area contributed by atoms with Crippen LogP contribution >= 0.6 is 0 Å². The smallest absolute Gasteiger partial charge is 0.324 e. The number of ether oxygens (including phenoxy) is 1. The van der Waals surface area contributed by atoms with Gasteiger partial charge in [-0.3, -0.25) is 10.1 Å². The molecule has 108 valence electrons. The first-order valence-electron chi connectivity index (χ1n) is 7.43. The summed E-state index contributed by atoms with van der Waals surface area (Å²) in [5.74, 6) is -0.685. The van der Waals surface area contributed by atoms with Crippen LogP contribution in [0.4, 0.5) is 0 Å². The minimum atomic E-state index is -0.732. The zero-order valence-electron chi connectivity index (χ0n) is 11.6. The van der Waals surface area contributed by atoms with Crippen LogP contribution in [0.5, 0.6) is 0 Å². The highest BCUT2D eigenvalue weighted by molar-refractivity contribution is 5.79. The molecule has 2 bridgehead atoms. The second-order valence-electron chi connectivity index (χ2n) is 6.36. The number of fused-ring (bicyclic) bond motifs is 2. The fraction of sp³-hybridized carbons (Fsp3) is 0.929. The van der Waals surface area contributed by atoms with Gasteiger partial charge in [-0.15, -0.1) is 0 Å². The van der Waals surface area contributed by atoms with E-state index in [1.165, 1.54) is 0 Å². The Hall–Kier alpha value is -0.650. The molecule has 5 heteroatoms. The summed E-state index contributed by atoms with van der Waals surface area (Å²) in [6.45, 7) is 1.50. The Balaban J connectivity index is 1.68. The minimum absolute atomic E-state index is 0.202. The van der Waals surface area contributed by atoms with Crippen LogP contribution < -0.4 is 5.32 Å². The molecule has 2 N–H and O–H groups in total. The maximum absolute atomic E-state index is 11.8. The van der Waals surface area contributed by atoms with Gasteiger partial charge in [-0.05, 0) is 45.6 Å². The number of piperidine rings is 1. The third kappa shape index (κ3) is 2.39. The van der Waals surface area contributed by atoms with E-state index < -0.39 is 11.5 Å². The largest absolute Gasteiger partial charge is 0.480 e. The monoisotopic (exact) mass is 268 g/mol. The van der Waals surface area contributed by atoms with Gasteiger partial charge in [-0.25, -0.2) is 0 Å². The van der Waals surface area contributed by atoms with Crippen LogP contribution in [0, 0.1) is 0 Å². The van der Waals surface area contributed by atoms with E-state index in [1.54, 1.807) is 0 Å². The zero-order chi connectivity index (χ0) is 13.5. The number of hydrogen-bond acceptors (Lipinski definition) is 4. The first-order chi connectivity index (χ1) is 9.11. The predicted molar refractivity (Wildman–Crippen MR) is 71.2 cm³/mol. The van der Waals surface area contributed by atoms with E-state index in [2.05, 4.69) is 17.3 Å². The maximum atomic E-state index is 11.8. The molecule has 0 radical (unpaired) electrons. The van der Waals surface area contributed by atoms with E-state index in [0.717, 1.165) is 45.1 Å². The number of carbonyl (C=O) groups is 1. The molecule has 0 aromatic carbocycles. The van der Waals surface area contributed by atoms with Gasteiger partial charge in [0, 0.05) is 25.2 Å². The van der Waals surface area contributed by atoms with Crippen molar-refractivity contribution in [2.75, 3.05) is 20.2 Å². The summed E-state index contributed by atoms with van der Waals surface area (Å²) < 4.78 is 5.59. The maximum Gasteiger partial charge on any atom is 0.324 e. The molecule has 19 heavy (non-hydrogen) atoms. The van der Waals surface area contributed by atoms with Crippen molar-refractivity contribution in [3.05, 3.63) is 0 Å². The van der Waals surface area contributed by atoms with Crippen molar-refractivity contribution in [1.82, 2.24) is 10.2 Å². The van der Waals surface area contributed by atoms with E-state index in [0.29, 0.717) is 18.6 Å². The summed E-state index contributed by atoms with van der Waals surface area (Å²) in [4.78, 5) is 14.2. The van der Waals surface area contributed by atoms with Gasteiger partial charge in [-0.1, -0.05) is 0 Å². The van der Waals surface area contributed by atoms with Crippen LogP contribution in [0.3, 0.4) is 0 Å². The Morgan fingerprint density at radius 2 is 2.05 bits per heavy atom. The lowest BCUT2D eigenvalue weighted by Gasteiger charge is -2.43. The fourth-order valence-corrected chi connectivity index (χ4v) is 3.98. The molecule has 3 unspecified atom stereocenters. The molecule has 0 spiro atoms. The fourth-order valence-electron chi connectivity index (χ4n) is 3.98. The Bertz CT molecular complexity index is 341. The molecule has 3 aliphatic heterocycles. The minimum Gasteiger partial charge on any atom is -0.480 e. The lowest BCUT2D eigenvalue weighted by molar-refractivity contribution is -0.148. The Labute approximate surface area is 114 Å². The predicted octanol–water partition coefficient (Wildman–Crippen LogP) is 0.835. The number of hydrogen-bond donors (Lipinski definition) is 2. The quantitative estimate of drug-likeness (QED) is 0.791. The van der Waals surface area contributed by atoms with Crippen LogP contribution in [0.1, 0.15) is 38.5 Å². The third-order valence-corrected chi connectivity index (χ3v) is 5.25. The van der Waals surface area contributed by atoms with E-state index >= 15 is 0 Å². The lowest BCUT2D eigenvalue weighted by atomic mass is 9.82. The van der Waals surface area contributed by atoms with Crippen molar-refractivity contribution < 1.29 is 14.6 Å². The summed E-state index contributed by atoms with van der Waals surface area (Å²) in [6.07, 6.45) is 6.07. The second-order valence-corrected chi connectivity index (χ2v) is 6.36. The number of nitrogens with one attached hydrogen (secondary N) is 1. The molecule has 0 aliphatic carbocycles. The molecule has 3 fully saturated rings. The van der Waals surface area contributed by atoms with Crippen molar-refractivity contribution in [3.8, 4) is 0 Å². The number of aliphatic carboxylic acids is 1. The van der Waals surface area contributed by atoms with Crippen LogP contribution in [-0.2, 0) is 9.53 Å². The van der Waals surface area contributed by atoms with Gasteiger partial charge in [0.1, 0.15) is 5.54 Å². The molecular formula is C14H24N2O3. The molecule has 0 aromatic rings. The Kier molecular flexibility index (Phi) is 3.53. The van der Waals surface area contributed by atoms with E-state index in [4.69, 9.17) is 4.74 Å². The molecular weight excluding hydrogens is 244 g/mol. The molecule has 3 heterocycles. The average Bonchev–Trinajstić information content (AvgIpc) is 2.95. The normalized spacial score (nSPS) is 42.7. The SMILES string of the molecule is CN1C2CCC1CC(NCC1CCCO1)(C(=O)O)C2.